The Morgan fingerprint density at radius 1 is 1.21 bits per heavy atom. The van der Waals surface area contributed by atoms with E-state index in [0.29, 0.717) is 11.9 Å². The number of rotatable bonds is 4. The summed E-state index contributed by atoms with van der Waals surface area (Å²) >= 11 is 0. The number of hydrogen-bond acceptors (Lipinski definition) is 4. The van der Waals surface area contributed by atoms with E-state index in [4.69, 9.17) is 11.5 Å². The average molecular weight is 393 g/mol. The number of halogens is 4. The lowest BCUT2D eigenvalue weighted by Crippen LogP contribution is -2.15. The molecular weight excluding hydrogens is 378 g/mol. The van der Waals surface area contributed by atoms with E-state index >= 15 is 0 Å². The van der Waals surface area contributed by atoms with Crippen molar-refractivity contribution in [3.05, 3.63) is 70.4 Å². The lowest BCUT2D eigenvalue weighted by molar-refractivity contribution is -0.137. The summed E-state index contributed by atoms with van der Waals surface area (Å²) in [4.78, 5) is 15.6. The Morgan fingerprint density at radius 2 is 1.93 bits per heavy atom. The fraction of sp³-hybridized carbons (Fsp3) is 0.167. The highest BCUT2D eigenvalue weighted by molar-refractivity contribution is 5.98. The number of alkyl halides is 3. The molecule has 0 fully saturated rings. The number of nitrogens with zero attached hydrogens (tertiary/aromatic N) is 3. The first-order chi connectivity index (χ1) is 13.1. The maximum absolute atomic E-state index is 13.9. The largest absolute Gasteiger partial charge is 0.417 e. The van der Waals surface area contributed by atoms with Crippen LogP contribution in [0.5, 0.6) is 0 Å². The van der Waals surface area contributed by atoms with Gasteiger partial charge in [-0.15, -0.1) is 0 Å². The second-order valence-corrected chi connectivity index (χ2v) is 6.08. The monoisotopic (exact) mass is 393 g/mol. The van der Waals surface area contributed by atoms with Gasteiger partial charge >= 0.3 is 6.18 Å². The molecule has 0 aliphatic carbocycles. The maximum Gasteiger partial charge on any atom is 0.417 e. The van der Waals surface area contributed by atoms with Gasteiger partial charge in [0.2, 0.25) is 0 Å². The normalized spacial score (nSPS) is 11.6. The van der Waals surface area contributed by atoms with Crippen molar-refractivity contribution in [1.82, 2.24) is 14.8 Å². The van der Waals surface area contributed by atoms with Gasteiger partial charge in [0, 0.05) is 23.9 Å². The van der Waals surface area contributed by atoms with Crippen LogP contribution in [0.4, 0.5) is 23.4 Å². The van der Waals surface area contributed by atoms with Gasteiger partial charge in [0.1, 0.15) is 17.2 Å². The van der Waals surface area contributed by atoms with Gasteiger partial charge in [-0.1, -0.05) is 6.07 Å². The van der Waals surface area contributed by atoms with Crippen LogP contribution in [-0.4, -0.2) is 20.7 Å². The van der Waals surface area contributed by atoms with Crippen molar-refractivity contribution in [3.8, 4) is 5.69 Å². The number of nitrogen functional groups attached to an aromatic ring is 1. The van der Waals surface area contributed by atoms with E-state index in [0.717, 1.165) is 6.07 Å². The third-order valence-corrected chi connectivity index (χ3v) is 4.21. The van der Waals surface area contributed by atoms with Crippen molar-refractivity contribution in [2.75, 3.05) is 5.73 Å². The molecule has 1 amide bonds. The Labute approximate surface area is 156 Å². The van der Waals surface area contributed by atoms with E-state index in [1.165, 1.54) is 29.8 Å². The molecular formula is C18H15F4N5O. The zero-order valence-electron chi connectivity index (χ0n) is 14.6. The minimum absolute atomic E-state index is 0.0814. The lowest BCUT2D eigenvalue weighted by Gasteiger charge is -2.08. The van der Waals surface area contributed by atoms with Crippen LogP contribution in [0, 0.1) is 12.7 Å². The Balaban J connectivity index is 2.04. The standard InChI is InChI=1S/C18H15F4N5O/c1-9-12(19)3-2-4-14(9)27-16(23)15(17(24)28)13(26-27)7-11-6-5-10(8-25-11)18(20,21)22/h2-6,8H,7,23H2,1H3,(H2,24,28). The molecule has 3 rings (SSSR count). The van der Waals surface area contributed by atoms with Gasteiger partial charge in [0.15, 0.2) is 0 Å². The van der Waals surface area contributed by atoms with Crippen molar-refractivity contribution in [3.63, 3.8) is 0 Å². The molecule has 28 heavy (non-hydrogen) atoms. The zero-order valence-corrected chi connectivity index (χ0v) is 14.6. The molecule has 10 heteroatoms. The minimum atomic E-state index is -4.51. The predicted octanol–water partition coefficient (Wildman–Crippen LogP) is 3.01. The van der Waals surface area contributed by atoms with Crippen molar-refractivity contribution >= 4 is 11.7 Å². The van der Waals surface area contributed by atoms with Gasteiger partial charge < -0.3 is 11.5 Å². The highest BCUT2D eigenvalue weighted by Gasteiger charge is 2.31. The Morgan fingerprint density at radius 3 is 2.50 bits per heavy atom. The highest BCUT2D eigenvalue weighted by Crippen LogP contribution is 2.29. The van der Waals surface area contributed by atoms with Crippen molar-refractivity contribution in [2.45, 2.75) is 19.5 Å². The van der Waals surface area contributed by atoms with Crippen LogP contribution in [0.25, 0.3) is 5.69 Å². The number of aromatic nitrogens is 3. The van der Waals surface area contributed by atoms with Crippen LogP contribution >= 0.6 is 0 Å². The van der Waals surface area contributed by atoms with Crippen LogP contribution in [0.1, 0.15) is 32.9 Å². The molecule has 1 aromatic carbocycles. The topological polar surface area (TPSA) is 99.8 Å². The first-order valence-electron chi connectivity index (χ1n) is 8.04. The number of hydrogen-bond donors (Lipinski definition) is 2. The molecule has 3 aromatic rings. The molecule has 0 bridgehead atoms. The number of nitrogens with two attached hydrogens (primary N) is 2. The van der Waals surface area contributed by atoms with E-state index in [1.54, 1.807) is 6.07 Å². The molecule has 6 nitrogen and oxygen atoms in total. The molecule has 0 aliphatic rings. The summed E-state index contributed by atoms with van der Waals surface area (Å²) in [5, 5.41) is 4.23. The third-order valence-electron chi connectivity index (χ3n) is 4.21. The van der Waals surface area contributed by atoms with Gasteiger partial charge in [-0.25, -0.2) is 9.07 Å². The second-order valence-electron chi connectivity index (χ2n) is 6.08. The summed E-state index contributed by atoms with van der Waals surface area (Å²) in [7, 11) is 0. The molecule has 0 unspecified atom stereocenters. The summed E-state index contributed by atoms with van der Waals surface area (Å²) in [5.74, 6) is -1.44. The molecule has 146 valence electrons. The number of primary amides is 1. The van der Waals surface area contributed by atoms with Crippen LogP contribution in [0.2, 0.25) is 0 Å². The third kappa shape index (κ3) is 3.53. The van der Waals surface area contributed by atoms with Crippen LogP contribution in [0.3, 0.4) is 0 Å². The van der Waals surface area contributed by atoms with Crippen LogP contribution in [-0.2, 0) is 12.6 Å². The van der Waals surface area contributed by atoms with E-state index in [-0.39, 0.29) is 34.8 Å². The molecule has 4 N–H and O–H groups in total. The van der Waals surface area contributed by atoms with Crippen LogP contribution in [0.15, 0.2) is 36.5 Å². The number of benzene rings is 1. The van der Waals surface area contributed by atoms with Crippen molar-refractivity contribution in [2.24, 2.45) is 5.73 Å². The molecule has 2 aromatic heterocycles. The first-order valence-corrected chi connectivity index (χ1v) is 8.04. The van der Waals surface area contributed by atoms with Gasteiger partial charge in [-0.3, -0.25) is 9.78 Å². The van der Waals surface area contributed by atoms with Gasteiger partial charge in [0.05, 0.1) is 16.9 Å². The van der Waals surface area contributed by atoms with Crippen molar-refractivity contribution < 1.29 is 22.4 Å². The molecule has 0 atom stereocenters. The quantitative estimate of drug-likeness (QED) is 0.666. The van der Waals surface area contributed by atoms with Crippen LogP contribution < -0.4 is 11.5 Å². The van der Waals surface area contributed by atoms with E-state index in [9.17, 15) is 22.4 Å². The summed E-state index contributed by atoms with van der Waals surface area (Å²) in [6.45, 7) is 1.52. The fourth-order valence-corrected chi connectivity index (χ4v) is 2.75. The molecule has 2 heterocycles. The molecule has 0 spiro atoms. The summed E-state index contributed by atoms with van der Waals surface area (Å²) in [6, 6.07) is 6.34. The summed E-state index contributed by atoms with van der Waals surface area (Å²) in [6.07, 6.45) is -3.90. The molecule has 0 radical (unpaired) electrons. The Hall–Kier alpha value is -3.43. The van der Waals surface area contributed by atoms with Gasteiger partial charge in [-0.2, -0.15) is 18.3 Å². The molecule has 0 saturated carbocycles. The van der Waals surface area contributed by atoms with Crippen molar-refractivity contribution in [1.29, 1.82) is 0 Å². The Kier molecular flexibility index (Phi) is 4.80. The highest BCUT2D eigenvalue weighted by atomic mass is 19.4. The number of pyridine rings is 1. The Bertz CT molecular complexity index is 1040. The lowest BCUT2D eigenvalue weighted by atomic mass is 10.1. The number of carbonyl (C=O) groups is 1. The van der Waals surface area contributed by atoms with E-state index < -0.39 is 23.5 Å². The fourth-order valence-electron chi connectivity index (χ4n) is 2.75. The maximum atomic E-state index is 13.9. The summed E-state index contributed by atoms with van der Waals surface area (Å²) < 4.78 is 53.0. The van der Waals surface area contributed by atoms with Gasteiger partial charge in [0.25, 0.3) is 5.91 Å². The number of carbonyl (C=O) groups excluding carboxylic acids is 1. The molecule has 0 saturated heterocycles. The van der Waals surface area contributed by atoms with Gasteiger partial charge in [-0.05, 0) is 31.2 Å². The summed E-state index contributed by atoms with van der Waals surface area (Å²) in [5.41, 5.74) is 11.3. The zero-order chi connectivity index (χ0) is 20.6. The minimum Gasteiger partial charge on any atom is -0.383 e. The smallest absolute Gasteiger partial charge is 0.383 e. The van der Waals surface area contributed by atoms with E-state index in [2.05, 4.69) is 10.1 Å². The average Bonchev–Trinajstić information content (AvgIpc) is 2.93. The molecule has 0 aliphatic heterocycles. The number of amides is 1. The predicted molar refractivity (Wildman–Crippen MR) is 93.2 cm³/mol. The number of anilines is 1. The second kappa shape index (κ2) is 6.95. The first kappa shape index (κ1) is 19.3. The van der Waals surface area contributed by atoms with E-state index in [1.807, 2.05) is 0 Å². The SMILES string of the molecule is Cc1c(F)cccc1-n1nc(Cc2ccc(C(F)(F)F)cn2)c(C(N)=O)c1N.